The van der Waals surface area contributed by atoms with E-state index in [0.717, 1.165) is 76.0 Å². The maximum Gasteiger partial charge on any atom is 0.407 e. The second kappa shape index (κ2) is 16.0. The molecule has 0 bridgehead atoms. The second-order valence-electron chi connectivity index (χ2n) is 12.9. The highest BCUT2D eigenvalue weighted by molar-refractivity contribution is 5.90. The van der Waals surface area contributed by atoms with Crippen LogP contribution in [0, 0.1) is 0 Å². The lowest BCUT2D eigenvalue weighted by Gasteiger charge is -2.24. The van der Waals surface area contributed by atoms with Gasteiger partial charge in [0.05, 0.1) is 56.0 Å². The van der Waals surface area contributed by atoms with Crippen LogP contribution in [0.5, 0.6) is 0 Å². The minimum absolute atomic E-state index is 0.0435. The number of ether oxygens (including phenoxy) is 2. The molecule has 1 aliphatic heterocycles. The number of imidazole rings is 2. The summed E-state index contributed by atoms with van der Waals surface area (Å²) in [5.41, 5.74) is 6.03. The number of hydrogen-bond acceptors (Lipinski definition) is 7. The maximum absolute atomic E-state index is 12.9. The number of fused-ring (bicyclic) bond motifs is 1. The molecule has 3 amide bonds. The fraction of sp³-hybridized carbons (Fsp3) is 0.359. The molecule has 2 aromatic heterocycles. The SMILES string of the molecule is CCCN(Cc1ncc(-c2ccc3cc(-c4ccc(-c5cnc([C@@H]6CCCN6C(=O)C[C@H](C)OC)[nH]5)cc4)ccc3c2)[nH]1)C(=O)CNC(=O)OC. The molecule has 0 spiro atoms. The van der Waals surface area contributed by atoms with E-state index in [0.29, 0.717) is 25.3 Å². The summed E-state index contributed by atoms with van der Waals surface area (Å²) >= 11 is 0. The Morgan fingerprint density at radius 1 is 0.922 bits per heavy atom. The Morgan fingerprint density at radius 3 is 2.31 bits per heavy atom. The number of amides is 3. The Balaban J connectivity index is 1.11. The lowest BCUT2D eigenvalue weighted by molar-refractivity contribution is -0.134. The number of likely N-dealkylation sites (tertiary alicyclic amines) is 1. The summed E-state index contributed by atoms with van der Waals surface area (Å²) in [6.45, 7) is 5.36. The van der Waals surface area contributed by atoms with Crippen LogP contribution >= 0.6 is 0 Å². The van der Waals surface area contributed by atoms with Gasteiger partial charge in [0.2, 0.25) is 11.8 Å². The molecule has 1 aliphatic rings. The van der Waals surface area contributed by atoms with Crippen LogP contribution in [0.3, 0.4) is 0 Å². The zero-order valence-electron chi connectivity index (χ0n) is 29.6. The number of nitrogens with zero attached hydrogens (tertiary/aromatic N) is 4. The lowest BCUT2D eigenvalue weighted by Crippen LogP contribution is -2.40. The van der Waals surface area contributed by atoms with Crippen molar-refractivity contribution in [2.24, 2.45) is 0 Å². The van der Waals surface area contributed by atoms with Gasteiger partial charge in [-0.1, -0.05) is 55.5 Å². The fourth-order valence-corrected chi connectivity index (χ4v) is 6.55. The van der Waals surface area contributed by atoms with Crippen LogP contribution in [-0.2, 0) is 25.6 Å². The first-order chi connectivity index (χ1) is 24.8. The standard InChI is InChI=1S/C39H45N7O5/c1-5-16-45(37(48)23-42-39(49)51-4)24-35-40-21-33(43-35)31-15-14-29-19-28(12-13-30(29)20-31)26-8-10-27(11-9-26)32-22-41-38(44-32)34-7-6-17-46(34)36(47)18-25(2)50-3/h8-15,19-22,25,34H,5-7,16-18,23-24H2,1-4H3,(H,40,43)(H,41,44)(H,42,49)/t25-,34-/m0/s1. The van der Waals surface area contributed by atoms with Crippen LogP contribution < -0.4 is 5.32 Å². The van der Waals surface area contributed by atoms with E-state index in [-0.39, 0.29) is 30.5 Å². The first kappa shape index (κ1) is 35.3. The molecule has 12 nitrogen and oxygen atoms in total. The molecule has 0 unspecified atom stereocenters. The first-order valence-electron chi connectivity index (χ1n) is 17.4. The molecular weight excluding hydrogens is 646 g/mol. The van der Waals surface area contributed by atoms with E-state index in [1.54, 1.807) is 18.2 Å². The molecule has 0 radical (unpaired) electrons. The molecule has 51 heavy (non-hydrogen) atoms. The predicted molar refractivity (Wildman–Crippen MR) is 195 cm³/mol. The van der Waals surface area contributed by atoms with E-state index in [9.17, 15) is 14.4 Å². The summed E-state index contributed by atoms with van der Waals surface area (Å²) < 4.78 is 9.88. The molecule has 0 aliphatic carbocycles. The molecule has 5 aromatic rings. The van der Waals surface area contributed by atoms with Crippen LogP contribution in [0.2, 0.25) is 0 Å². The molecule has 6 rings (SSSR count). The molecule has 0 saturated carbocycles. The van der Waals surface area contributed by atoms with Gasteiger partial charge in [0.25, 0.3) is 0 Å². The van der Waals surface area contributed by atoms with Crippen molar-refractivity contribution in [2.75, 3.05) is 33.9 Å². The van der Waals surface area contributed by atoms with Gasteiger partial charge in [0.15, 0.2) is 0 Å². The average molecular weight is 692 g/mol. The van der Waals surface area contributed by atoms with Gasteiger partial charge in [-0.25, -0.2) is 14.8 Å². The number of alkyl carbamates (subject to hydrolysis) is 1. The van der Waals surface area contributed by atoms with Gasteiger partial charge in [-0.3, -0.25) is 9.59 Å². The summed E-state index contributed by atoms with van der Waals surface area (Å²) in [4.78, 5) is 56.6. The number of carbonyl (C=O) groups is 3. The number of rotatable bonds is 13. The molecule has 1 fully saturated rings. The van der Waals surface area contributed by atoms with Crippen molar-refractivity contribution in [1.82, 2.24) is 35.1 Å². The first-order valence-corrected chi connectivity index (χ1v) is 17.4. The summed E-state index contributed by atoms with van der Waals surface area (Å²) in [5, 5.41) is 4.66. The van der Waals surface area contributed by atoms with Crippen molar-refractivity contribution in [2.45, 2.75) is 58.2 Å². The van der Waals surface area contributed by atoms with Gasteiger partial charge in [0.1, 0.15) is 18.2 Å². The summed E-state index contributed by atoms with van der Waals surface area (Å²) in [7, 11) is 2.89. The van der Waals surface area contributed by atoms with Gasteiger partial charge in [-0.15, -0.1) is 0 Å². The minimum Gasteiger partial charge on any atom is -0.453 e. The number of nitrogens with one attached hydrogen (secondary N) is 3. The van der Waals surface area contributed by atoms with Gasteiger partial charge in [0, 0.05) is 25.8 Å². The molecule has 12 heteroatoms. The van der Waals surface area contributed by atoms with E-state index < -0.39 is 6.09 Å². The summed E-state index contributed by atoms with van der Waals surface area (Å²) in [6.07, 6.45) is 5.88. The smallest absolute Gasteiger partial charge is 0.407 e. The maximum atomic E-state index is 12.9. The highest BCUT2D eigenvalue weighted by Gasteiger charge is 2.32. The van der Waals surface area contributed by atoms with Crippen LogP contribution in [0.1, 0.15) is 57.2 Å². The third-order valence-corrected chi connectivity index (χ3v) is 9.41. The van der Waals surface area contributed by atoms with E-state index in [1.807, 2.05) is 24.9 Å². The number of hydrogen-bond donors (Lipinski definition) is 3. The quantitative estimate of drug-likeness (QED) is 0.128. The Morgan fingerprint density at radius 2 is 1.59 bits per heavy atom. The molecule has 3 aromatic carbocycles. The molecule has 266 valence electrons. The van der Waals surface area contributed by atoms with Crippen LogP contribution in [0.4, 0.5) is 4.79 Å². The van der Waals surface area contributed by atoms with Crippen molar-refractivity contribution in [1.29, 1.82) is 0 Å². The van der Waals surface area contributed by atoms with Crippen LogP contribution in [0.25, 0.3) is 44.4 Å². The normalized spacial score (nSPS) is 14.8. The van der Waals surface area contributed by atoms with Crippen LogP contribution in [-0.4, -0.2) is 87.6 Å². The van der Waals surface area contributed by atoms with E-state index in [4.69, 9.17) is 4.74 Å². The predicted octanol–water partition coefficient (Wildman–Crippen LogP) is 6.47. The number of methoxy groups -OCH3 is 2. The van der Waals surface area contributed by atoms with E-state index >= 15 is 0 Å². The number of carbonyl (C=O) groups excluding carboxylic acids is 3. The summed E-state index contributed by atoms with van der Waals surface area (Å²) in [5.74, 6) is 1.38. The van der Waals surface area contributed by atoms with Gasteiger partial charge >= 0.3 is 6.09 Å². The Kier molecular flexibility index (Phi) is 11.1. The number of H-pyrrole nitrogens is 2. The van der Waals surface area contributed by atoms with Gasteiger partial charge in [-0.2, -0.15) is 0 Å². The number of aromatic amines is 2. The molecule has 2 atom stereocenters. The second-order valence-corrected chi connectivity index (χ2v) is 12.9. The minimum atomic E-state index is -0.641. The van der Waals surface area contributed by atoms with Crippen molar-refractivity contribution < 1.29 is 23.9 Å². The van der Waals surface area contributed by atoms with Crippen LogP contribution in [0.15, 0.2) is 73.1 Å². The van der Waals surface area contributed by atoms with E-state index in [1.165, 1.54) is 7.11 Å². The van der Waals surface area contributed by atoms with Gasteiger partial charge < -0.3 is 34.6 Å². The Hall–Kier alpha value is -5.49. The Labute approximate surface area is 297 Å². The third-order valence-electron chi connectivity index (χ3n) is 9.41. The monoisotopic (exact) mass is 691 g/mol. The highest BCUT2D eigenvalue weighted by atomic mass is 16.5. The lowest BCUT2D eigenvalue weighted by atomic mass is 9.98. The average Bonchev–Trinajstić information content (AvgIpc) is 3.95. The molecular formula is C39H45N7O5. The third kappa shape index (κ3) is 8.29. The molecule has 3 heterocycles. The molecule has 1 saturated heterocycles. The topological polar surface area (TPSA) is 146 Å². The zero-order chi connectivity index (χ0) is 35.9. The highest BCUT2D eigenvalue weighted by Crippen LogP contribution is 2.33. The van der Waals surface area contributed by atoms with E-state index in [2.05, 4.69) is 90.7 Å². The van der Waals surface area contributed by atoms with Crippen molar-refractivity contribution in [3.63, 3.8) is 0 Å². The van der Waals surface area contributed by atoms with Gasteiger partial charge in [-0.05, 0) is 65.8 Å². The largest absolute Gasteiger partial charge is 0.453 e. The van der Waals surface area contributed by atoms with Crippen molar-refractivity contribution in [3.8, 4) is 33.6 Å². The number of aromatic nitrogens is 4. The fourth-order valence-electron chi connectivity index (χ4n) is 6.55. The number of benzene rings is 3. The zero-order valence-corrected chi connectivity index (χ0v) is 29.6. The van der Waals surface area contributed by atoms with Crippen molar-refractivity contribution in [3.05, 3.63) is 84.7 Å². The molecule has 3 N–H and O–H groups in total. The summed E-state index contributed by atoms with van der Waals surface area (Å²) in [6, 6.07) is 21.1. The Bertz CT molecular complexity index is 1990. The van der Waals surface area contributed by atoms with Crippen molar-refractivity contribution >= 4 is 28.7 Å².